The van der Waals surface area contributed by atoms with Gasteiger partial charge in [0.1, 0.15) is 17.3 Å². The van der Waals surface area contributed by atoms with Gasteiger partial charge in [0.2, 0.25) is 0 Å². The molecule has 0 unspecified atom stereocenters. The Balaban J connectivity index is 1.40. The Labute approximate surface area is 187 Å². The highest BCUT2D eigenvalue weighted by Gasteiger charge is 2.42. The average molecular weight is 433 g/mol. The van der Waals surface area contributed by atoms with Crippen molar-refractivity contribution < 1.29 is 9.59 Å². The van der Waals surface area contributed by atoms with E-state index in [0.29, 0.717) is 17.4 Å². The summed E-state index contributed by atoms with van der Waals surface area (Å²) in [6.45, 7) is 6.17. The van der Waals surface area contributed by atoms with E-state index in [-0.39, 0.29) is 17.6 Å². The lowest BCUT2D eigenvalue weighted by Crippen LogP contribution is -2.52. The lowest BCUT2D eigenvalue weighted by Gasteiger charge is -2.40. The van der Waals surface area contributed by atoms with Gasteiger partial charge in [-0.2, -0.15) is 0 Å². The number of amides is 3. The highest BCUT2D eigenvalue weighted by molar-refractivity contribution is 6.03. The molecule has 1 aromatic carbocycles. The number of nitrogens with one attached hydrogen (secondary N) is 4. The third-order valence-corrected chi connectivity index (χ3v) is 5.77. The highest BCUT2D eigenvalue weighted by Crippen LogP contribution is 2.39. The minimum Gasteiger partial charge on any atom is -0.344 e. The molecule has 8 heteroatoms. The quantitative estimate of drug-likeness (QED) is 0.453. The fourth-order valence-electron chi connectivity index (χ4n) is 3.75. The van der Waals surface area contributed by atoms with Crippen LogP contribution in [0.15, 0.2) is 48.7 Å². The van der Waals surface area contributed by atoms with Crippen molar-refractivity contribution in [1.29, 1.82) is 0 Å². The number of rotatable bonds is 6. The van der Waals surface area contributed by atoms with Crippen molar-refractivity contribution in [3.8, 4) is 0 Å². The molecule has 0 spiro atoms. The molecule has 8 nitrogen and oxygen atoms in total. The minimum absolute atomic E-state index is 0.218. The van der Waals surface area contributed by atoms with Crippen molar-refractivity contribution in [2.45, 2.75) is 51.5 Å². The first kappa shape index (κ1) is 21.5. The number of pyridine rings is 1. The minimum atomic E-state index is -0.491. The topological polar surface area (TPSA) is 112 Å². The molecule has 3 aromatic rings. The van der Waals surface area contributed by atoms with Crippen LogP contribution in [0.5, 0.6) is 0 Å². The smallest absolute Gasteiger partial charge is 0.321 e. The van der Waals surface area contributed by atoms with E-state index in [4.69, 9.17) is 0 Å². The lowest BCUT2D eigenvalue weighted by atomic mass is 9.76. The van der Waals surface area contributed by atoms with Gasteiger partial charge < -0.3 is 15.6 Å². The number of carbonyl (C=O) groups excluding carboxylic acids is 2. The normalized spacial score (nSPS) is 14.5. The zero-order valence-corrected chi connectivity index (χ0v) is 18.5. The molecule has 1 fully saturated rings. The molecule has 1 saturated carbocycles. The second kappa shape index (κ2) is 8.82. The third kappa shape index (κ3) is 4.64. The summed E-state index contributed by atoms with van der Waals surface area (Å²) in [6.07, 6.45) is 4.42. The van der Waals surface area contributed by atoms with Crippen LogP contribution < -0.4 is 16.0 Å². The van der Waals surface area contributed by atoms with E-state index in [0.717, 1.165) is 30.8 Å². The van der Waals surface area contributed by atoms with Crippen LogP contribution in [-0.2, 0) is 5.54 Å². The zero-order valence-electron chi connectivity index (χ0n) is 18.5. The first-order valence-electron chi connectivity index (χ1n) is 10.8. The number of urea groups is 1. The van der Waals surface area contributed by atoms with Crippen LogP contribution in [0.25, 0.3) is 0 Å². The molecule has 1 aliphatic rings. The summed E-state index contributed by atoms with van der Waals surface area (Å²) >= 11 is 0. The second-order valence-corrected chi connectivity index (χ2v) is 8.57. The van der Waals surface area contributed by atoms with E-state index in [9.17, 15) is 9.59 Å². The Morgan fingerprint density at radius 1 is 1.06 bits per heavy atom. The van der Waals surface area contributed by atoms with E-state index >= 15 is 0 Å². The van der Waals surface area contributed by atoms with Gasteiger partial charge in [-0.3, -0.25) is 10.1 Å². The molecule has 0 atom stereocenters. The zero-order chi connectivity index (χ0) is 22.7. The van der Waals surface area contributed by atoms with Gasteiger partial charge in [-0.05, 0) is 61.9 Å². The molecule has 32 heavy (non-hydrogen) atoms. The lowest BCUT2D eigenvalue weighted by molar-refractivity contribution is 0.102. The van der Waals surface area contributed by atoms with Gasteiger partial charge in [-0.25, -0.2) is 14.8 Å². The summed E-state index contributed by atoms with van der Waals surface area (Å²) in [7, 11) is 0. The van der Waals surface area contributed by atoms with E-state index in [2.05, 4.69) is 44.7 Å². The van der Waals surface area contributed by atoms with Crippen LogP contribution in [0.1, 0.15) is 66.6 Å². The Kier molecular flexibility index (Phi) is 5.94. The number of nitrogens with zero attached hydrogens (tertiary/aromatic N) is 2. The SMILES string of the molecule is Cc1cnc(C2(NC(=O)Nc3cccc(C(=O)Nc4ccc(C(C)C)cc4)n3)CCC2)[nH]1. The molecule has 0 radical (unpaired) electrons. The van der Waals surface area contributed by atoms with E-state index in [1.165, 1.54) is 5.56 Å². The molecular formula is C24H28N6O2. The van der Waals surface area contributed by atoms with Crippen LogP contribution >= 0.6 is 0 Å². The Morgan fingerprint density at radius 3 is 2.41 bits per heavy atom. The highest BCUT2D eigenvalue weighted by atomic mass is 16.2. The molecule has 4 N–H and O–H groups in total. The van der Waals surface area contributed by atoms with Crippen molar-refractivity contribution in [1.82, 2.24) is 20.3 Å². The molecule has 2 aromatic heterocycles. The van der Waals surface area contributed by atoms with Gasteiger partial charge in [0.25, 0.3) is 5.91 Å². The van der Waals surface area contributed by atoms with Crippen LogP contribution in [0.2, 0.25) is 0 Å². The summed E-state index contributed by atoms with van der Waals surface area (Å²) in [6, 6.07) is 12.3. The first-order valence-corrected chi connectivity index (χ1v) is 10.8. The van der Waals surface area contributed by atoms with E-state index in [1.54, 1.807) is 24.4 Å². The first-order chi connectivity index (χ1) is 15.3. The Bertz CT molecular complexity index is 1120. The number of hydrogen-bond acceptors (Lipinski definition) is 4. The molecule has 1 aliphatic carbocycles. The Morgan fingerprint density at radius 2 is 1.81 bits per heavy atom. The van der Waals surface area contributed by atoms with Crippen molar-refractivity contribution in [3.63, 3.8) is 0 Å². The number of aromatic amines is 1. The van der Waals surface area contributed by atoms with Crippen molar-refractivity contribution in [2.24, 2.45) is 0 Å². The fourth-order valence-corrected chi connectivity index (χ4v) is 3.75. The summed E-state index contributed by atoms with van der Waals surface area (Å²) in [4.78, 5) is 37.2. The van der Waals surface area contributed by atoms with Crippen LogP contribution in [0.4, 0.5) is 16.3 Å². The summed E-state index contributed by atoms with van der Waals surface area (Å²) in [5, 5.41) is 8.61. The molecule has 0 aliphatic heterocycles. The van der Waals surface area contributed by atoms with E-state index in [1.807, 2.05) is 31.2 Å². The maximum absolute atomic E-state index is 12.7. The van der Waals surface area contributed by atoms with Gasteiger partial charge in [-0.15, -0.1) is 0 Å². The Hall–Kier alpha value is -3.68. The third-order valence-electron chi connectivity index (χ3n) is 5.77. The maximum atomic E-state index is 12.7. The number of imidazole rings is 1. The molecule has 166 valence electrons. The maximum Gasteiger partial charge on any atom is 0.321 e. The van der Waals surface area contributed by atoms with Gasteiger partial charge in [-0.1, -0.05) is 32.0 Å². The van der Waals surface area contributed by atoms with Crippen LogP contribution in [0, 0.1) is 6.92 Å². The monoisotopic (exact) mass is 432 g/mol. The number of benzene rings is 1. The number of aromatic nitrogens is 3. The molecular weight excluding hydrogens is 404 g/mol. The fraction of sp³-hybridized carbons (Fsp3) is 0.333. The predicted octanol–water partition coefficient (Wildman–Crippen LogP) is 4.69. The molecule has 0 bridgehead atoms. The molecule has 3 amide bonds. The van der Waals surface area contributed by atoms with Gasteiger partial charge >= 0.3 is 6.03 Å². The molecule has 0 saturated heterocycles. The molecule has 4 rings (SSSR count). The largest absolute Gasteiger partial charge is 0.344 e. The number of hydrogen-bond donors (Lipinski definition) is 4. The average Bonchev–Trinajstić information content (AvgIpc) is 3.17. The summed E-state index contributed by atoms with van der Waals surface area (Å²) in [5.41, 5.74) is 2.57. The van der Waals surface area contributed by atoms with Crippen molar-refractivity contribution in [2.75, 3.05) is 10.6 Å². The van der Waals surface area contributed by atoms with Crippen molar-refractivity contribution >= 4 is 23.4 Å². The van der Waals surface area contributed by atoms with Crippen LogP contribution in [0.3, 0.4) is 0 Å². The summed E-state index contributed by atoms with van der Waals surface area (Å²) < 4.78 is 0. The second-order valence-electron chi connectivity index (χ2n) is 8.57. The molecule has 2 heterocycles. The van der Waals surface area contributed by atoms with Gasteiger partial charge in [0.05, 0.1) is 5.54 Å². The summed E-state index contributed by atoms with van der Waals surface area (Å²) in [5.74, 6) is 1.15. The number of aryl methyl sites for hydroxylation is 1. The number of anilines is 2. The van der Waals surface area contributed by atoms with Crippen molar-refractivity contribution in [3.05, 3.63) is 71.4 Å². The van der Waals surface area contributed by atoms with E-state index < -0.39 is 5.54 Å². The number of H-pyrrole nitrogens is 1. The van der Waals surface area contributed by atoms with Gasteiger partial charge in [0.15, 0.2) is 0 Å². The standard InChI is InChI=1S/C24H28N6O2/c1-15(2)17-8-10-18(11-9-17)27-21(31)19-6-4-7-20(28-19)29-23(32)30-24(12-5-13-24)22-25-14-16(3)26-22/h4,6-11,14-15H,5,12-13H2,1-3H3,(H,25,26)(H,27,31)(H2,28,29,30,32). The number of carbonyl (C=O) groups is 2. The van der Waals surface area contributed by atoms with Gasteiger partial charge in [0, 0.05) is 17.6 Å². The predicted molar refractivity (Wildman–Crippen MR) is 124 cm³/mol. The van der Waals surface area contributed by atoms with Crippen LogP contribution in [-0.4, -0.2) is 26.9 Å².